The molecule has 4 rings (SSSR count). The fourth-order valence-corrected chi connectivity index (χ4v) is 3.66. The predicted molar refractivity (Wildman–Crippen MR) is 105 cm³/mol. The van der Waals surface area contributed by atoms with Crippen LogP contribution < -0.4 is 10.1 Å². The normalized spacial score (nSPS) is 16.7. The van der Waals surface area contributed by atoms with Crippen LogP contribution in [0.25, 0.3) is 5.65 Å². The molecule has 27 heavy (non-hydrogen) atoms. The summed E-state index contributed by atoms with van der Waals surface area (Å²) in [5.74, 6) is 0.908. The summed E-state index contributed by atoms with van der Waals surface area (Å²) in [7, 11) is 0. The second-order valence-electron chi connectivity index (χ2n) is 7.18. The molecule has 0 spiro atoms. The maximum Gasteiger partial charge on any atom is 0.221 e. The van der Waals surface area contributed by atoms with Gasteiger partial charge in [-0.15, -0.1) is 0 Å². The molecule has 0 saturated carbocycles. The third kappa shape index (κ3) is 3.54. The van der Waals surface area contributed by atoms with E-state index in [9.17, 15) is 4.79 Å². The Morgan fingerprint density at radius 1 is 1.22 bits per heavy atom. The Balaban J connectivity index is 1.72. The van der Waals surface area contributed by atoms with Gasteiger partial charge in [-0.1, -0.05) is 31.5 Å². The second-order valence-corrected chi connectivity index (χ2v) is 7.18. The molecule has 0 aliphatic carbocycles. The third-order valence-electron chi connectivity index (χ3n) is 5.10. The summed E-state index contributed by atoms with van der Waals surface area (Å²) < 4.78 is 7.92. The summed E-state index contributed by atoms with van der Waals surface area (Å²) in [5.41, 5.74) is 5.25. The molecule has 1 N–H and O–H groups in total. The van der Waals surface area contributed by atoms with Gasteiger partial charge in [0.1, 0.15) is 11.4 Å². The highest BCUT2D eigenvalue weighted by atomic mass is 16.5. The predicted octanol–water partition coefficient (Wildman–Crippen LogP) is 3.97. The number of hydrogen-bond acceptors (Lipinski definition) is 3. The zero-order valence-corrected chi connectivity index (χ0v) is 15.9. The van der Waals surface area contributed by atoms with Crippen molar-refractivity contribution >= 4 is 11.6 Å². The molecule has 1 amide bonds. The van der Waals surface area contributed by atoms with Gasteiger partial charge in [0.15, 0.2) is 0 Å². The minimum absolute atomic E-state index is 0.0241. The highest BCUT2D eigenvalue weighted by Crippen LogP contribution is 2.34. The van der Waals surface area contributed by atoms with Gasteiger partial charge in [-0.25, -0.2) is 4.98 Å². The number of nitrogens with one attached hydrogen (secondary N) is 1. The number of pyridine rings is 1. The Bertz CT molecular complexity index is 960. The Labute approximate surface area is 159 Å². The van der Waals surface area contributed by atoms with E-state index in [0.29, 0.717) is 13.0 Å². The first kappa shape index (κ1) is 17.6. The maximum absolute atomic E-state index is 12.3. The van der Waals surface area contributed by atoms with Crippen LogP contribution >= 0.6 is 0 Å². The van der Waals surface area contributed by atoms with Crippen molar-refractivity contribution in [1.29, 1.82) is 0 Å². The molecule has 2 aromatic heterocycles. The Morgan fingerprint density at radius 2 is 2.04 bits per heavy atom. The lowest BCUT2D eigenvalue weighted by atomic mass is 9.91. The largest absolute Gasteiger partial charge is 0.494 e. The summed E-state index contributed by atoms with van der Waals surface area (Å²) in [6.07, 6.45) is 4.69. The average Bonchev–Trinajstić information content (AvgIpc) is 2.94. The van der Waals surface area contributed by atoms with Crippen molar-refractivity contribution < 1.29 is 9.53 Å². The molecule has 140 valence electrons. The van der Waals surface area contributed by atoms with Crippen molar-refractivity contribution in [3.05, 3.63) is 65.1 Å². The Kier molecular flexibility index (Phi) is 4.84. The van der Waals surface area contributed by atoms with Crippen LogP contribution in [0.3, 0.4) is 0 Å². The molecule has 3 heterocycles. The molecule has 1 aromatic carbocycles. The maximum atomic E-state index is 12.3. The fourth-order valence-electron chi connectivity index (χ4n) is 3.66. The monoisotopic (exact) mass is 363 g/mol. The van der Waals surface area contributed by atoms with Crippen molar-refractivity contribution in [3.63, 3.8) is 0 Å². The van der Waals surface area contributed by atoms with Gasteiger partial charge < -0.3 is 14.5 Å². The molecule has 0 bridgehead atoms. The van der Waals surface area contributed by atoms with Gasteiger partial charge in [0.2, 0.25) is 5.91 Å². The van der Waals surface area contributed by atoms with Gasteiger partial charge in [0.25, 0.3) is 0 Å². The third-order valence-corrected chi connectivity index (χ3v) is 5.10. The van der Waals surface area contributed by atoms with Crippen molar-refractivity contribution in [2.24, 2.45) is 0 Å². The molecule has 3 aromatic rings. The van der Waals surface area contributed by atoms with E-state index in [0.717, 1.165) is 47.8 Å². The molecular formula is C22H25N3O2. The van der Waals surface area contributed by atoms with Gasteiger partial charge in [-0.05, 0) is 42.7 Å². The molecule has 0 unspecified atom stereocenters. The summed E-state index contributed by atoms with van der Waals surface area (Å²) in [6, 6.07) is 12.3. The SMILES string of the molecule is CCCCOc1ccc([C@@H]2CC(=O)NCc3nc4ccc(C)cn4c32)cc1. The number of nitrogens with zero attached hydrogens (tertiary/aromatic N) is 2. The minimum Gasteiger partial charge on any atom is -0.494 e. The van der Waals surface area contributed by atoms with E-state index in [-0.39, 0.29) is 11.8 Å². The van der Waals surface area contributed by atoms with Crippen LogP contribution in [0.2, 0.25) is 0 Å². The van der Waals surface area contributed by atoms with E-state index in [4.69, 9.17) is 9.72 Å². The number of carbonyl (C=O) groups is 1. The number of imidazole rings is 1. The first-order valence-electron chi connectivity index (χ1n) is 9.62. The molecule has 0 radical (unpaired) electrons. The molecule has 1 aliphatic heterocycles. The van der Waals surface area contributed by atoms with E-state index in [1.807, 2.05) is 18.2 Å². The van der Waals surface area contributed by atoms with Crippen LogP contribution in [0.1, 0.15) is 54.6 Å². The second kappa shape index (κ2) is 7.43. The summed E-state index contributed by atoms with van der Waals surface area (Å²) in [5, 5.41) is 2.98. The Morgan fingerprint density at radius 3 is 2.81 bits per heavy atom. The summed E-state index contributed by atoms with van der Waals surface area (Å²) >= 11 is 0. The number of aromatic nitrogens is 2. The van der Waals surface area contributed by atoms with Gasteiger partial charge >= 0.3 is 0 Å². The van der Waals surface area contributed by atoms with Gasteiger partial charge in [0.05, 0.1) is 24.5 Å². The smallest absolute Gasteiger partial charge is 0.221 e. The molecule has 0 saturated heterocycles. The fraction of sp³-hybridized carbons (Fsp3) is 0.364. The van der Waals surface area contributed by atoms with E-state index < -0.39 is 0 Å². The number of aryl methyl sites for hydroxylation is 1. The average molecular weight is 363 g/mol. The zero-order chi connectivity index (χ0) is 18.8. The molecule has 5 nitrogen and oxygen atoms in total. The number of carbonyl (C=O) groups excluding carboxylic acids is 1. The quantitative estimate of drug-likeness (QED) is 0.698. The number of benzene rings is 1. The van der Waals surface area contributed by atoms with Crippen LogP contribution in [0.5, 0.6) is 5.75 Å². The summed E-state index contributed by atoms with van der Waals surface area (Å²) in [6.45, 7) is 5.43. The Hall–Kier alpha value is -2.82. The lowest BCUT2D eigenvalue weighted by Crippen LogP contribution is -2.21. The van der Waals surface area contributed by atoms with Gasteiger partial charge in [-0.3, -0.25) is 4.79 Å². The van der Waals surface area contributed by atoms with Crippen LogP contribution in [0, 0.1) is 6.92 Å². The molecule has 1 aliphatic rings. The number of unbranched alkanes of at least 4 members (excludes halogenated alkanes) is 1. The van der Waals surface area contributed by atoms with Crippen molar-refractivity contribution in [1.82, 2.24) is 14.7 Å². The highest BCUT2D eigenvalue weighted by molar-refractivity contribution is 5.78. The van der Waals surface area contributed by atoms with E-state index in [2.05, 4.69) is 48.0 Å². The van der Waals surface area contributed by atoms with Crippen LogP contribution in [-0.4, -0.2) is 21.9 Å². The number of ether oxygens (including phenoxy) is 1. The van der Waals surface area contributed by atoms with Gasteiger partial charge in [-0.2, -0.15) is 0 Å². The van der Waals surface area contributed by atoms with E-state index in [1.54, 1.807) is 0 Å². The molecular weight excluding hydrogens is 338 g/mol. The number of rotatable bonds is 5. The lowest BCUT2D eigenvalue weighted by molar-refractivity contribution is -0.121. The molecule has 1 atom stereocenters. The van der Waals surface area contributed by atoms with Crippen LogP contribution in [-0.2, 0) is 11.3 Å². The number of hydrogen-bond donors (Lipinski definition) is 1. The lowest BCUT2D eigenvalue weighted by Gasteiger charge is -2.17. The van der Waals surface area contributed by atoms with E-state index in [1.165, 1.54) is 5.56 Å². The number of fused-ring (bicyclic) bond motifs is 3. The molecule has 5 heteroatoms. The first-order valence-corrected chi connectivity index (χ1v) is 9.62. The zero-order valence-electron chi connectivity index (χ0n) is 15.9. The first-order chi connectivity index (χ1) is 13.2. The van der Waals surface area contributed by atoms with Gasteiger partial charge in [0, 0.05) is 18.5 Å². The standard InChI is InChI=1S/C22H25N3O2/c1-3-4-11-27-17-8-6-16(7-9-17)18-12-21(26)23-13-19-22(18)25-14-15(2)5-10-20(25)24-19/h5-10,14,18H,3-4,11-13H2,1-2H3,(H,23,26)/t18-/m0/s1. The van der Waals surface area contributed by atoms with Crippen LogP contribution in [0.15, 0.2) is 42.6 Å². The van der Waals surface area contributed by atoms with E-state index >= 15 is 0 Å². The van der Waals surface area contributed by atoms with Crippen molar-refractivity contribution in [3.8, 4) is 5.75 Å². The topological polar surface area (TPSA) is 55.6 Å². The highest BCUT2D eigenvalue weighted by Gasteiger charge is 2.28. The van der Waals surface area contributed by atoms with Crippen molar-refractivity contribution in [2.45, 2.75) is 45.6 Å². The minimum atomic E-state index is -0.0241. The van der Waals surface area contributed by atoms with Crippen molar-refractivity contribution in [2.75, 3.05) is 6.61 Å². The molecule has 0 fully saturated rings. The number of amides is 1. The van der Waals surface area contributed by atoms with Crippen LogP contribution in [0.4, 0.5) is 0 Å². The summed E-state index contributed by atoms with van der Waals surface area (Å²) in [4.78, 5) is 17.1.